The van der Waals surface area contributed by atoms with Crippen LogP contribution in [0.15, 0.2) is 152 Å². The number of rotatable bonds is 4. The fraction of sp³-hybridized carbons (Fsp3) is 0. The van der Waals surface area contributed by atoms with E-state index < -0.39 is 0 Å². The third-order valence-corrected chi connectivity index (χ3v) is 7.19. The number of nitrogens with zero attached hydrogens (tertiary/aromatic N) is 1. The van der Waals surface area contributed by atoms with Gasteiger partial charge in [-0.1, -0.05) is 103 Å². The molecule has 174 valence electrons. The lowest BCUT2D eigenvalue weighted by molar-refractivity contribution is 1.29. The molecule has 7 rings (SSSR count). The molecule has 0 N–H and O–H groups in total. The highest BCUT2D eigenvalue weighted by molar-refractivity contribution is 6.09. The molecular formula is C36H25N. The Balaban J connectivity index is 1.32. The summed E-state index contributed by atoms with van der Waals surface area (Å²) in [6.45, 7) is 0. The Bertz CT molecular complexity index is 1830. The standard InChI is InChI=1S/C36H25N/c1-3-11-32(12-4-1)37(33-13-5-2-6-14-33)34-20-22-36-31(25-34)18-17-30-24-29(19-21-35(30)36)28-16-15-26-9-7-8-10-27(26)23-28/h1-25H. The molecule has 0 spiro atoms. The van der Waals surface area contributed by atoms with Crippen molar-refractivity contribution >= 4 is 49.4 Å². The van der Waals surface area contributed by atoms with Gasteiger partial charge in [-0.15, -0.1) is 0 Å². The van der Waals surface area contributed by atoms with Gasteiger partial charge in [0.25, 0.3) is 0 Å². The minimum Gasteiger partial charge on any atom is -0.310 e. The van der Waals surface area contributed by atoms with Gasteiger partial charge in [-0.3, -0.25) is 0 Å². The average molecular weight is 472 g/mol. The van der Waals surface area contributed by atoms with Gasteiger partial charge in [0.15, 0.2) is 0 Å². The van der Waals surface area contributed by atoms with Crippen LogP contribution in [0.4, 0.5) is 17.1 Å². The van der Waals surface area contributed by atoms with Crippen molar-refractivity contribution in [2.75, 3.05) is 4.90 Å². The topological polar surface area (TPSA) is 3.24 Å². The number of para-hydroxylation sites is 2. The Hall–Kier alpha value is -4.88. The fourth-order valence-electron chi connectivity index (χ4n) is 5.35. The van der Waals surface area contributed by atoms with Gasteiger partial charge in [0, 0.05) is 17.1 Å². The smallest absolute Gasteiger partial charge is 0.0468 e. The molecule has 0 heterocycles. The Morgan fingerprint density at radius 1 is 0.297 bits per heavy atom. The van der Waals surface area contributed by atoms with E-state index in [-0.39, 0.29) is 0 Å². The molecule has 0 radical (unpaired) electrons. The summed E-state index contributed by atoms with van der Waals surface area (Å²) >= 11 is 0. The molecule has 7 aromatic carbocycles. The SMILES string of the molecule is c1ccc(N(c2ccccc2)c2ccc3c(ccc4cc(-c5ccc6ccccc6c5)ccc43)c2)cc1. The zero-order chi connectivity index (χ0) is 24.6. The van der Waals surface area contributed by atoms with E-state index in [1.807, 2.05) is 0 Å². The number of fused-ring (bicyclic) bond motifs is 4. The molecular weight excluding hydrogens is 446 g/mol. The molecule has 0 aromatic heterocycles. The van der Waals surface area contributed by atoms with Crippen molar-refractivity contribution in [2.24, 2.45) is 0 Å². The maximum absolute atomic E-state index is 2.31. The Morgan fingerprint density at radius 3 is 1.46 bits per heavy atom. The highest BCUT2D eigenvalue weighted by Crippen LogP contribution is 2.38. The zero-order valence-electron chi connectivity index (χ0n) is 20.4. The lowest BCUT2D eigenvalue weighted by Crippen LogP contribution is -2.09. The van der Waals surface area contributed by atoms with Crippen molar-refractivity contribution in [3.8, 4) is 11.1 Å². The number of hydrogen-bond donors (Lipinski definition) is 0. The van der Waals surface area contributed by atoms with Crippen LogP contribution < -0.4 is 4.90 Å². The first-order valence-electron chi connectivity index (χ1n) is 12.7. The van der Waals surface area contributed by atoms with Crippen LogP contribution in [0.1, 0.15) is 0 Å². The first-order chi connectivity index (χ1) is 18.3. The highest BCUT2D eigenvalue weighted by Gasteiger charge is 2.13. The maximum Gasteiger partial charge on any atom is 0.0468 e. The van der Waals surface area contributed by atoms with Crippen LogP contribution in [0.2, 0.25) is 0 Å². The fourth-order valence-corrected chi connectivity index (χ4v) is 5.35. The molecule has 0 fully saturated rings. The van der Waals surface area contributed by atoms with Gasteiger partial charge < -0.3 is 4.90 Å². The largest absolute Gasteiger partial charge is 0.310 e. The van der Waals surface area contributed by atoms with E-state index in [1.54, 1.807) is 0 Å². The molecule has 0 saturated heterocycles. The van der Waals surface area contributed by atoms with Crippen LogP contribution >= 0.6 is 0 Å². The molecule has 0 saturated carbocycles. The summed E-state index contributed by atoms with van der Waals surface area (Å²) in [6, 6.07) is 54.5. The minimum absolute atomic E-state index is 1.15. The normalized spacial score (nSPS) is 11.2. The number of hydrogen-bond acceptors (Lipinski definition) is 1. The Kier molecular flexibility index (Phi) is 5.19. The third kappa shape index (κ3) is 3.91. The summed E-state index contributed by atoms with van der Waals surface area (Å²) in [5.74, 6) is 0. The van der Waals surface area contributed by atoms with Crippen molar-refractivity contribution in [2.45, 2.75) is 0 Å². The predicted molar refractivity (Wildman–Crippen MR) is 159 cm³/mol. The van der Waals surface area contributed by atoms with Crippen molar-refractivity contribution in [1.29, 1.82) is 0 Å². The second-order valence-electron chi connectivity index (χ2n) is 9.48. The van der Waals surface area contributed by atoms with Gasteiger partial charge in [0.1, 0.15) is 0 Å². The molecule has 1 heteroatoms. The van der Waals surface area contributed by atoms with Crippen molar-refractivity contribution in [3.63, 3.8) is 0 Å². The molecule has 7 aromatic rings. The van der Waals surface area contributed by atoms with Crippen LogP contribution in [0.5, 0.6) is 0 Å². The summed E-state index contributed by atoms with van der Waals surface area (Å²) in [4.78, 5) is 2.31. The van der Waals surface area contributed by atoms with Crippen LogP contribution in [-0.2, 0) is 0 Å². The van der Waals surface area contributed by atoms with E-state index in [0.29, 0.717) is 0 Å². The summed E-state index contributed by atoms with van der Waals surface area (Å²) in [6.07, 6.45) is 0. The molecule has 0 atom stereocenters. The van der Waals surface area contributed by atoms with E-state index in [4.69, 9.17) is 0 Å². The van der Waals surface area contributed by atoms with E-state index in [0.717, 1.165) is 17.1 Å². The maximum atomic E-state index is 2.31. The average Bonchev–Trinajstić information content (AvgIpc) is 2.98. The van der Waals surface area contributed by atoms with Gasteiger partial charge in [0.2, 0.25) is 0 Å². The van der Waals surface area contributed by atoms with Crippen LogP contribution in [0, 0.1) is 0 Å². The molecule has 0 aliphatic heterocycles. The highest BCUT2D eigenvalue weighted by atomic mass is 15.1. The first-order valence-corrected chi connectivity index (χ1v) is 12.7. The first kappa shape index (κ1) is 21.4. The Labute approximate surface area is 216 Å². The molecule has 0 aliphatic rings. The van der Waals surface area contributed by atoms with E-state index in [9.17, 15) is 0 Å². The summed E-state index contributed by atoms with van der Waals surface area (Å²) in [5.41, 5.74) is 5.94. The van der Waals surface area contributed by atoms with Crippen LogP contribution in [0.3, 0.4) is 0 Å². The van der Waals surface area contributed by atoms with Crippen LogP contribution in [-0.4, -0.2) is 0 Å². The lowest BCUT2D eigenvalue weighted by Gasteiger charge is -2.25. The van der Waals surface area contributed by atoms with E-state index >= 15 is 0 Å². The van der Waals surface area contributed by atoms with E-state index in [2.05, 4.69) is 157 Å². The summed E-state index contributed by atoms with van der Waals surface area (Å²) in [5, 5.41) is 7.59. The van der Waals surface area contributed by atoms with Crippen molar-refractivity contribution in [1.82, 2.24) is 0 Å². The molecule has 0 bridgehead atoms. The monoisotopic (exact) mass is 471 g/mol. The molecule has 0 amide bonds. The van der Waals surface area contributed by atoms with Crippen molar-refractivity contribution in [3.05, 3.63) is 152 Å². The van der Waals surface area contributed by atoms with Gasteiger partial charge in [0.05, 0.1) is 0 Å². The quantitative estimate of drug-likeness (QED) is 0.231. The molecule has 0 aliphatic carbocycles. The third-order valence-electron chi connectivity index (χ3n) is 7.19. The van der Waals surface area contributed by atoms with Gasteiger partial charge in [-0.05, 0) is 92.0 Å². The lowest BCUT2D eigenvalue weighted by atomic mass is 9.96. The Morgan fingerprint density at radius 2 is 0.784 bits per heavy atom. The summed E-state index contributed by atoms with van der Waals surface area (Å²) < 4.78 is 0. The van der Waals surface area contributed by atoms with Gasteiger partial charge >= 0.3 is 0 Å². The van der Waals surface area contributed by atoms with Gasteiger partial charge in [-0.2, -0.15) is 0 Å². The number of anilines is 3. The second-order valence-corrected chi connectivity index (χ2v) is 9.48. The molecule has 1 nitrogen and oxygen atoms in total. The van der Waals surface area contributed by atoms with Crippen LogP contribution in [0.25, 0.3) is 43.4 Å². The summed E-state index contributed by atoms with van der Waals surface area (Å²) in [7, 11) is 0. The molecule has 37 heavy (non-hydrogen) atoms. The van der Waals surface area contributed by atoms with Crippen molar-refractivity contribution < 1.29 is 0 Å². The predicted octanol–water partition coefficient (Wildman–Crippen LogP) is 10.3. The van der Waals surface area contributed by atoms with E-state index in [1.165, 1.54) is 43.4 Å². The second kappa shape index (κ2) is 8.96. The zero-order valence-corrected chi connectivity index (χ0v) is 20.4. The molecule has 0 unspecified atom stereocenters. The minimum atomic E-state index is 1.15. The van der Waals surface area contributed by atoms with Gasteiger partial charge in [-0.25, -0.2) is 0 Å². The number of benzene rings is 7.